The minimum absolute atomic E-state index is 0.178. The van der Waals surface area contributed by atoms with E-state index >= 15 is 0 Å². The fourth-order valence-corrected chi connectivity index (χ4v) is 1.23. The van der Waals surface area contributed by atoms with E-state index in [1.165, 1.54) is 0 Å². The van der Waals surface area contributed by atoms with Crippen molar-refractivity contribution in [3.8, 4) is 0 Å². The van der Waals surface area contributed by atoms with Crippen LogP contribution in [0.1, 0.15) is 6.92 Å². The van der Waals surface area contributed by atoms with Gasteiger partial charge in [-0.3, -0.25) is 9.59 Å². The maximum Gasteiger partial charge on any atom is 0.222 e. The highest BCUT2D eigenvalue weighted by Gasteiger charge is 2.43. The Morgan fingerprint density at radius 1 is 1.61 bits per heavy atom. The number of carbonyl (C=O) groups excluding carboxylic acids is 2. The highest BCUT2D eigenvalue weighted by atomic mass is 16.4. The van der Waals surface area contributed by atoms with Crippen molar-refractivity contribution >= 4 is 12.2 Å². The van der Waals surface area contributed by atoms with Crippen molar-refractivity contribution < 1.29 is 30.0 Å². The highest BCUT2D eigenvalue weighted by molar-refractivity contribution is 5.79. The van der Waals surface area contributed by atoms with Crippen LogP contribution in [0.25, 0.3) is 10.4 Å². The molecule has 0 aliphatic carbocycles. The van der Waals surface area contributed by atoms with Gasteiger partial charge in [0.25, 0.3) is 0 Å². The lowest BCUT2D eigenvalue weighted by Gasteiger charge is -2.32. The fourth-order valence-electron chi connectivity index (χ4n) is 1.23. The molecule has 0 radical (unpaired) electrons. The zero-order chi connectivity index (χ0) is 14.3. The summed E-state index contributed by atoms with van der Waals surface area (Å²) >= 11 is 0. The summed E-state index contributed by atoms with van der Waals surface area (Å²) in [4.78, 5) is 23.8. The van der Waals surface area contributed by atoms with Gasteiger partial charge in [0.15, 0.2) is 6.29 Å². The number of hydrogen-bond donors (Lipinski definition) is 5. The Kier molecular flexibility index (Phi) is 6.23. The second-order valence-corrected chi connectivity index (χ2v) is 3.51. The van der Waals surface area contributed by atoms with Crippen molar-refractivity contribution in [1.82, 2.24) is 5.32 Å². The number of nitrogens with zero attached hydrogens (tertiary/aromatic N) is 3. The quantitative estimate of drug-likeness (QED) is 0.110. The molecule has 5 N–H and O–H groups in total. The summed E-state index contributed by atoms with van der Waals surface area (Å²) in [5.41, 5.74) is 5.51. The van der Waals surface area contributed by atoms with Gasteiger partial charge in [0.1, 0.15) is 6.10 Å². The molecule has 0 aromatic heterocycles. The van der Waals surface area contributed by atoms with Crippen molar-refractivity contribution in [1.29, 1.82) is 0 Å². The van der Waals surface area contributed by atoms with Gasteiger partial charge in [0, 0.05) is 11.8 Å². The minimum atomic E-state index is -2.74. The number of aliphatic hydroxyl groups excluding tert-OH is 3. The largest absolute Gasteiger partial charge is 0.394 e. The molecule has 18 heavy (non-hydrogen) atoms. The Balaban J connectivity index is 5.25. The molecule has 0 heterocycles. The first-order valence-electron chi connectivity index (χ1n) is 4.81. The summed E-state index contributed by atoms with van der Waals surface area (Å²) in [6.07, 6.45) is -4.02. The number of rotatable bonds is 7. The number of amides is 1. The Hall–Kier alpha value is -1.71. The number of carbonyl (C=O) groups is 2. The van der Waals surface area contributed by atoms with Crippen LogP contribution in [0.2, 0.25) is 0 Å². The minimum Gasteiger partial charge on any atom is -0.394 e. The molecule has 0 fully saturated rings. The van der Waals surface area contributed by atoms with Gasteiger partial charge in [-0.2, -0.15) is 0 Å². The number of aldehydes is 1. The Morgan fingerprint density at radius 3 is 2.50 bits per heavy atom. The number of hydrogen-bond acceptors (Lipinski definition) is 7. The molecule has 0 aromatic carbocycles. The van der Waals surface area contributed by atoms with Gasteiger partial charge >= 0.3 is 0 Å². The summed E-state index contributed by atoms with van der Waals surface area (Å²) in [6, 6.07) is -1.72. The predicted molar refractivity (Wildman–Crippen MR) is 56.9 cm³/mol. The first-order valence-corrected chi connectivity index (χ1v) is 4.81. The third-order valence-corrected chi connectivity index (χ3v) is 2.10. The van der Waals surface area contributed by atoms with Crippen LogP contribution in [-0.4, -0.2) is 63.2 Å². The van der Waals surface area contributed by atoms with Crippen LogP contribution in [-0.2, 0) is 9.59 Å². The smallest absolute Gasteiger partial charge is 0.222 e. The van der Waals surface area contributed by atoms with E-state index in [-0.39, 0.29) is 6.29 Å². The van der Waals surface area contributed by atoms with Gasteiger partial charge in [0.05, 0.1) is 18.8 Å². The lowest BCUT2D eigenvalue weighted by Crippen LogP contribution is -2.63. The van der Waals surface area contributed by atoms with Crippen LogP contribution in [0.4, 0.5) is 0 Å². The Labute approximate surface area is 101 Å². The normalized spacial score (nSPS) is 18.7. The molecule has 10 heteroatoms. The summed E-state index contributed by atoms with van der Waals surface area (Å²) in [7, 11) is 0. The molecule has 0 rings (SSSR count). The molecule has 4 atom stereocenters. The molecule has 0 aliphatic heterocycles. The molecular formula is C8H14N4O6. The summed E-state index contributed by atoms with van der Waals surface area (Å²) in [5.74, 6) is -0.832. The number of aliphatic hydroxyl groups is 4. The molecule has 4 unspecified atom stereocenters. The van der Waals surface area contributed by atoms with Crippen molar-refractivity contribution in [2.75, 3.05) is 6.61 Å². The van der Waals surface area contributed by atoms with Crippen LogP contribution in [0, 0.1) is 0 Å². The summed E-state index contributed by atoms with van der Waals surface area (Å²) in [6.45, 7) is 0.0992. The average molecular weight is 262 g/mol. The van der Waals surface area contributed by atoms with E-state index in [2.05, 4.69) is 10.0 Å². The maximum absolute atomic E-state index is 10.8. The fraction of sp³-hybridized carbons (Fsp3) is 0.750. The van der Waals surface area contributed by atoms with Gasteiger partial charge in [-0.1, -0.05) is 5.11 Å². The molecular weight excluding hydrogens is 248 g/mol. The standard InChI is InChI=1S/C8H14N4O6/c1-4(15)10-8(18,3-14)7(17)6(11-12-9)5(16)2-13/h3,5-7,13,16-18H,2H2,1H3,(H,10,15). The third-order valence-electron chi connectivity index (χ3n) is 2.10. The van der Waals surface area contributed by atoms with Gasteiger partial charge < -0.3 is 25.7 Å². The van der Waals surface area contributed by atoms with E-state index in [1.54, 1.807) is 5.32 Å². The summed E-state index contributed by atoms with van der Waals surface area (Å²) in [5, 5.41) is 42.1. The SMILES string of the molecule is CC(=O)NC(O)(C=O)C(O)C(N=[N+]=[N-])C(O)CO. The zero-order valence-electron chi connectivity index (χ0n) is 9.46. The monoisotopic (exact) mass is 262 g/mol. The molecule has 1 amide bonds. The maximum atomic E-state index is 10.8. The van der Waals surface area contributed by atoms with Crippen LogP contribution >= 0.6 is 0 Å². The molecule has 0 aliphatic rings. The van der Waals surface area contributed by atoms with E-state index in [0.717, 1.165) is 6.92 Å². The lowest BCUT2D eigenvalue weighted by molar-refractivity contribution is -0.157. The van der Waals surface area contributed by atoms with Crippen molar-refractivity contribution in [2.24, 2.45) is 5.11 Å². The summed E-state index contributed by atoms with van der Waals surface area (Å²) < 4.78 is 0. The van der Waals surface area contributed by atoms with Crippen LogP contribution in [0.15, 0.2) is 5.11 Å². The van der Waals surface area contributed by atoms with Crippen LogP contribution < -0.4 is 5.32 Å². The van der Waals surface area contributed by atoms with Crippen LogP contribution in [0.5, 0.6) is 0 Å². The van der Waals surface area contributed by atoms with Gasteiger partial charge in [-0.05, 0) is 5.53 Å². The molecule has 0 spiro atoms. The van der Waals surface area contributed by atoms with E-state index in [1.807, 2.05) is 0 Å². The van der Waals surface area contributed by atoms with E-state index in [4.69, 9.17) is 10.6 Å². The predicted octanol–water partition coefficient (Wildman–Crippen LogP) is -2.60. The van der Waals surface area contributed by atoms with Gasteiger partial charge in [0.2, 0.25) is 11.6 Å². The molecule has 0 saturated heterocycles. The Bertz CT molecular complexity index is 357. The van der Waals surface area contributed by atoms with Gasteiger partial charge in [-0.25, -0.2) is 0 Å². The van der Waals surface area contributed by atoms with Crippen molar-refractivity contribution in [2.45, 2.75) is 30.9 Å². The third kappa shape index (κ3) is 3.95. The number of azide groups is 1. The van der Waals surface area contributed by atoms with Gasteiger partial charge in [-0.15, -0.1) is 0 Å². The van der Waals surface area contributed by atoms with E-state index in [0.29, 0.717) is 0 Å². The van der Waals surface area contributed by atoms with E-state index < -0.39 is 36.5 Å². The molecule has 0 bridgehead atoms. The average Bonchev–Trinajstić information content (AvgIpc) is 2.33. The second-order valence-electron chi connectivity index (χ2n) is 3.51. The molecule has 0 aromatic rings. The molecule has 10 nitrogen and oxygen atoms in total. The topological polar surface area (TPSA) is 176 Å². The first kappa shape index (κ1) is 16.3. The second kappa shape index (κ2) is 6.89. The molecule has 102 valence electrons. The lowest BCUT2D eigenvalue weighted by atomic mass is 9.97. The van der Waals surface area contributed by atoms with Crippen molar-refractivity contribution in [3.63, 3.8) is 0 Å². The molecule has 0 saturated carbocycles. The van der Waals surface area contributed by atoms with Crippen LogP contribution in [0.3, 0.4) is 0 Å². The van der Waals surface area contributed by atoms with Crippen molar-refractivity contribution in [3.05, 3.63) is 10.4 Å². The first-order chi connectivity index (χ1) is 8.32. The van der Waals surface area contributed by atoms with E-state index in [9.17, 15) is 24.9 Å². The highest BCUT2D eigenvalue weighted by Crippen LogP contribution is 2.15. The Morgan fingerprint density at radius 2 is 2.17 bits per heavy atom. The zero-order valence-corrected chi connectivity index (χ0v) is 9.46. The number of nitrogens with one attached hydrogen (secondary N) is 1.